The van der Waals surface area contributed by atoms with Gasteiger partial charge in [0.2, 0.25) is 10.0 Å². The van der Waals surface area contributed by atoms with Gasteiger partial charge in [0.05, 0.1) is 0 Å². The Kier molecular flexibility index (Phi) is 6.56. The molecule has 1 fully saturated rings. The quantitative estimate of drug-likeness (QED) is 0.638. The van der Waals surface area contributed by atoms with Gasteiger partial charge in [-0.25, -0.2) is 8.42 Å². The van der Waals surface area contributed by atoms with Crippen LogP contribution in [0.4, 0.5) is 5.69 Å². The van der Waals surface area contributed by atoms with E-state index in [4.69, 9.17) is 9.47 Å². The highest BCUT2D eigenvalue weighted by atomic mass is 32.2. The SMILES string of the molecule is O=C(NCC1CCN(S(=O)(=O)c2cccnc2)CC1)C(=O)Nc1ccc2c(c1)OCCO2. The average molecular weight is 461 g/mol. The fourth-order valence-electron chi connectivity index (χ4n) is 3.63. The second-order valence-electron chi connectivity index (χ2n) is 7.56. The van der Waals surface area contributed by atoms with E-state index in [1.165, 1.54) is 22.8 Å². The lowest BCUT2D eigenvalue weighted by Gasteiger charge is -2.31. The Balaban J connectivity index is 1.24. The molecule has 10 nitrogen and oxygen atoms in total. The summed E-state index contributed by atoms with van der Waals surface area (Å²) >= 11 is 0. The molecule has 1 aromatic heterocycles. The van der Waals surface area contributed by atoms with Gasteiger partial charge < -0.3 is 20.1 Å². The molecule has 1 aromatic carbocycles. The summed E-state index contributed by atoms with van der Waals surface area (Å²) in [5, 5.41) is 5.18. The number of hydrogen-bond acceptors (Lipinski definition) is 7. The van der Waals surface area contributed by atoms with Gasteiger partial charge in [0, 0.05) is 43.8 Å². The van der Waals surface area contributed by atoms with Crippen LogP contribution >= 0.6 is 0 Å². The van der Waals surface area contributed by atoms with Gasteiger partial charge in [-0.1, -0.05) is 0 Å². The van der Waals surface area contributed by atoms with Crippen LogP contribution in [0.1, 0.15) is 12.8 Å². The number of benzene rings is 1. The lowest BCUT2D eigenvalue weighted by Crippen LogP contribution is -2.43. The number of nitrogens with zero attached hydrogens (tertiary/aromatic N) is 2. The minimum Gasteiger partial charge on any atom is -0.486 e. The van der Waals surface area contributed by atoms with Crippen molar-refractivity contribution in [2.75, 3.05) is 38.2 Å². The van der Waals surface area contributed by atoms with Crippen molar-refractivity contribution >= 4 is 27.5 Å². The molecule has 2 aliphatic rings. The van der Waals surface area contributed by atoms with E-state index in [1.54, 1.807) is 24.3 Å². The summed E-state index contributed by atoms with van der Waals surface area (Å²) in [5.41, 5.74) is 0.434. The summed E-state index contributed by atoms with van der Waals surface area (Å²) < 4.78 is 37.6. The molecule has 170 valence electrons. The molecule has 0 bridgehead atoms. The molecule has 0 aliphatic carbocycles. The Labute approximate surface area is 186 Å². The zero-order valence-corrected chi connectivity index (χ0v) is 18.1. The van der Waals surface area contributed by atoms with Crippen molar-refractivity contribution in [3.63, 3.8) is 0 Å². The smallest absolute Gasteiger partial charge is 0.313 e. The van der Waals surface area contributed by atoms with Gasteiger partial charge in [0.25, 0.3) is 0 Å². The number of carbonyl (C=O) groups excluding carboxylic acids is 2. The molecule has 2 aliphatic heterocycles. The minimum atomic E-state index is -3.57. The number of pyridine rings is 1. The Morgan fingerprint density at radius 2 is 1.81 bits per heavy atom. The molecule has 2 N–H and O–H groups in total. The predicted octanol–water partition coefficient (Wildman–Crippen LogP) is 1.01. The summed E-state index contributed by atoms with van der Waals surface area (Å²) in [6.07, 6.45) is 4.03. The van der Waals surface area contributed by atoms with Crippen LogP contribution in [0.25, 0.3) is 0 Å². The van der Waals surface area contributed by atoms with Gasteiger partial charge in [0.1, 0.15) is 18.1 Å². The Bertz CT molecular complexity index is 1080. The van der Waals surface area contributed by atoms with Crippen molar-refractivity contribution in [3.8, 4) is 11.5 Å². The number of ether oxygens (including phenoxy) is 2. The number of amides is 2. The van der Waals surface area contributed by atoms with Gasteiger partial charge in [-0.05, 0) is 43.0 Å². The summed E-state index contributed by atoms with van der Waals surface area (Å²) in [6.45, 7) is 1.89. The number of carbonyl (C=O) groups is 2. The molecule has 4 rings (SSSR count). The Hall–Kier alpha value is -3.18. The van der Waals surface area contributed by atoms with Crippen LogP contribution in [0.5, 0.6) is 11.5 Å². The van der Waals surface area contributed by atoms with E-state index in [-0.39, 0.29) is 10.8 Å². The molecule has 0 radical (unpaired) electrons. The number of aromatic nitrogens is 1. The van der Waals surface area contributed by atoms with E-state index >= 15 is 0 Å². The Morgan fingerprint density at radius 1 is 1.06 bits per heavy atom. The lowest BCUT2D eigenvalue weighted by atomic mass is 9.98. The summed E-state index contributed by atoms with van der Waals surface area (Å²) in [4.78, 5) is 28.4. The normalized spacial score (nSPS) is 16.9. The van der Waals surface area contributed by atoms with Crippen LogP contribution in [-0.2, 0) is 19.6 Å². The highest BCUT2D eigenvalue weighted by Crippen LogP contribution is 2.32. The predicted molar refractivity (Wildman–Crippen MR) is 115 cm³/mol. The molecule has 32 heavy (non-hydrogen) atoms. The van der Waals surface area contributed by atoms with Crippen LogP contribution in [0.15, 0.2) is 47.6 Å². The molecule has 3 heterocycles. The first-order valence-corrected chi connectivity index (χ1v) is 11.8. The van der Waals surface area contributed by atoms with Crippen LogP contribution in [0.2, 0.25) is 0 Å². The number of nitrogens with one attached hydrogen (secondary N) is 2. The maximum Gasteiger partial charge on any atom is 0.313 e. The largest absolute Gasteiger partial charge is 0.486 e. The standard InChI is InChI=1S/C21H24N4O6S/c26-20(21(27)24-16-3-4-18-19(12-16)31-11-10-30-18)23-13-15-5-8-25(9-6-15)32(28,29)17-2-1-7-22-14-17/h1-4,7,12,14-15H,5-6,8-11,13H2,(H,23,26)(H,24,27). The van der Waals surface area contributed by atoms with Crippen LogP contribution < -0.4 is 20.1 Å². The van der Waals surface area contributed by atoms with Crippen molar-refractivity contribution in [2.45, 2.75) is 17.7 Å². The molecule has 2 aromatic rings. The van der Waals surface area contributed by atoms with Crippen molar-refractivity contribution in [3.05, 3.63) is 42.7 Å². The van der Waals surface area contributed by atoms with Gasteiger partial charge in [-0.2, -0.15) is 4.31 Å². The Morgan fingerprint density at radius 3 is 2.53 bits per heavy atom. The molecule has 0 saturated carbocycles. The molecule has 0 spiro atoms. The molecular weight excluding hydrogens is 436 g/mol. The molecule has 11 heteroatoms. The van der Waals surface area contributed by atoms with Crippen molar-refractivity contribution in [2.24, 2.45) is 5.92 Å². The highest BCUT2D eigenvalue weighted by Gasteiger charge is 2.30. The number of hydrogen-bond donors (Lipinski definition) is 2. The van der Waals surface area contributed by atoms with E-state index in [9.17, 15) is 18.0 Å². The third kappa shape index (κ3) is 5.00. The van der Waals surface area contributed by atoms with E-state index in [2.05, 4.69) is 15.6 Å². The van der Waals surface area contributed by atoms with Crippen molar-refractivity contribution < 1.29 is 27.5 Å². The lowest BCUT2D eigenvalue weighted by molar-refractivity contribution is -0.136. The molecule has 0 atom stereocenters. The maximum absolute atomic E-state index is 12.7. The second kappa shape index (κ2) is 9.53. The zero-order valence-electron chi connectivity index (χ0n) is 17.3. The highest BCUT2D eigenvalue weighted by molar-refractivity contribution is 7.89. The number of sulfonamides is 1. The third-order valence-electron chi connectivity index (χ3n) is 5.40. The van der Waals surface area contributed by atoms with E-state index < -0.39 is 21.8 Å². The zero-order chi connectivity index (χ0) is 22.6. The fraction of sp³-hybridized carbons (Fsp3) is 0.381. The number of fused-ring (bicyclic) bond motifs is 1. The number of anilines is 1. The van der Waals surface area contributed by atoms with E-state index in [1.807, 2.05) is 0 Å². The van der Waals surface area contributed by atoms with Gasteiger partial charge >= 0.3 is 11.8 Å². The first-order valence-electron chi connectivity index (χ1n) is 10.3. The molecule has 0 unspecified atom stereocenters. The van der Waals surface area contributed by atoms with Gasteiger partial charge in [-0.15, -0.1) is 0 Å². The van der Waals surface area contributed by atoms with Crippen molar-refractivity contribution in [1.29, 1.82) is 0 Å². The number of piperidine rings is 1. The first-order chi connectivity index (χ1) is 15.4. The molecule has 2 amide bonds. The van der Waals surface area contributed by atoms with Crippen LogP contribution in [0, 0.1) is 5.92 Å². The van der Waals surface area contributed by atoms with Crippen LogP contribution in [-0.4, -0.2) is 62.4 Å². The monoisotopic (exact) mass is 460 g/mol. The fourth-order valence-corrected chi connectivity index (χ4v) is 5.06. The van der Waals surface area contributed by atoms with Crippen LogP contribution in [0.3, 0.4) is 0 Å². The van der Waals surface area contributed by atoms with Gasteiger partial charge in [0.15, 0.2) is 11.5 Å². The maximum atomic E-state index is 12.7. The van der Waals surface area contributed by atoms with Gasteiger partial charge in [-0.3, -0.25) is 14.6 Å². The first kappa shape index (κ1) is 22.0. The topological polar surface area (TPSA) is 127 Å². The second-order valence-corrected chi connectivity index (χ2v) is 9.50. The average Bonchev–Trinajstić information content (AvgIpc) is 2.83. The molecular formula is C21H24N4O6S. The minimum absolute atomic E-state index is 0.0846. The van der Waals surface area contributed by atoms with Crippen molar-refractivity contribution in [1.82, 2.24) is 14.6 Å². The van der Waals surface area contributed by atoms with E-state index in [0.717, 1.165) is 0 Å². The summed E-state index contributed by atoms with van der Waals surface area (Å²) in [7, 11) is -3.57. The number of rotatable bonds is 5. The third-order valence-corrected chi connectivity index (χ3v) is 7.29. The molecule has 1 saturated heterocycles. The summed E-state index contributed by atoms with van der Waals surface area (Å²) in [6, 6.07) is 8.03. The van der Waals surface area contributed by atoms with E-state index in [0.29, 0.717) is 62.9 Å². The summed E-state index contributed by atoms with van der Waals surface area (Å²) in [5.74, 6) is -0.331.